The van der Waals surface area contributed by atoms with Crippen molar-refractivity contribution in [1.82, 2.24) is 10.6 Å². The van der Waals surface area contributed by atoms with Crippen molar-refractivity contribution in [2.24, 2.45) is 5.92 Å². The van der Waals surface area contributed by atoms with Crippen LogP contribution in [-0.4, -0.2) is 51.0 Å². The smallest absolute Gasteiger partial charge is 0.233 e. The summed E-state index contributed by atoms with van der Waals surface area (Å²) in [6.45, 7) is 4.75. The fraction of sp³-hybridized carbons (Fsp3) is 0.917. The second kappa shape index (κ2) is 11.8. The van der Waals surface area contributed by atoms with Gasteiger partial charge in [-0.2, -0.15) is 0 Å². The number of carbonyl (C=O) groups excluding carboxylic acids is 1. The van der Waals surface area contributed by atoms with Crippen LogP contribution in [0.4, 0.5) is 0 Å². The van der Waals surface area contributed by atoms with Gasteiger partial charge >= 0.3 is 0 Å². The van der Waals surface area contributed by atoms with Gasteiger partial charge in [-0.05, 0) is 25.3 Å². The molecule has 3 N–H and O–H groups in total. The molecular weight excluding hydrogens is 220 g/mol. The lowest BCUT2D eigenvalue weighted by Gasteiger charge is -2.14. The third-order valence-corrected chi connectivity index (χ3v) is 2.68. The van der Waals surface area contributed by atoms with Crippen molar-refractivity contribution < 1.29 is 14.6 Å². The van der Waals surface area contributed by atoms with Crippen LogP contribution in [0.2, 0.25) is 0 Å². The van der Waals surface area contributed by atoms with Gasteiger partial charge in [0.2, 0.25) is 5.91 Å². The minimum Gasteiger partial charge on any atom is -0.396 e. The molecule has 0 aliphatic rings. The Morgan fingerprint density at radius 2 is 2.24 bits per heavy atom. The molecule has 0 aromatic heterocycles. The summed E-state index contributed by atoms with van der Waals surface area (Å²) >= 11 is 0. The molecule has 5 nitrogen and oxygen atoms in total. The molecule has 102 valence electrons. The van der Waals surface area contributed by atoms with Crippen LogP contribution in [0.15, 0.2) is 0 Å². The van der Waals surface area contributed by atoms with E-state index in [4.69, 9.17) is 9.84 Å². The predicted molar refractivity (Wildman–Crippen MR) is 67.9 cm³/mol. The second-order valence-electron chi connectivity index (χ2n) is 4.11. The van der Waals surface area contributed by atoms with Gasteiger partial charge in [0, 0.05) is 26.9 Å². The van der Waals surface area contributed by atoms with E-state index in [-0.39, 0.29) is 12.5 Å². The van der Waals surface area contributed by atoms with Crippen LogP contribution in [0.25, 0.3) is 0 Å². The molecule has 0 spiro atoms. The quantitative estimate of drug-likeness (QED) is 0.453. The van der Waals surface area contributed by atoms with Gasteiger partial charge in [0.25, 0.3) is 0 Å². The number of aliphatic hydroxyl groups is 1. The zero-order valence-corrected chi connectivity index (χ0v) is 11.0. The van der Waals surface area contributed by atoms with Crippen molar-refractivity contribution in [1.29, 1.82) is 0 Å². The molecule has 0 radical (unpaired) electrons. The molecular formula is C12H26N2O3. The number of carbonyl (C=O) groups is 1. The predicted octanol–water partition coefficient (Wildman–Crippen LogP) is 0.137. The minimum atomic E-state index is 0.0138. The summed E-state index contributed by atoms with van der Waals surface area (Å²) in [7, 11) is 1.65. The molecule has 0 aromatic rings. The minimum absolute atomic E-state index is 0.0138. The van der Waals surface area contributed by atoms with Crippen molar-refractivity contribution in [3.05, 3.63) is 0 Å². The maximum Gasteiger partial charge on any atom is 0.233 e. The molecule has 0 bridgehead atoms. The molecule has 1 amide bonds. The van der Waals surface area contributed by atoms with Crippen LogP contribution in [0.3, 0.4) is 0 Å². The Hall–Kier alpha value is -0.650. The molecule has 0 aromatic carbocycles. The Labute approximate surface area is 104 Å². The number of hydrogen-bond donors (Lipinski definition) is 3. The highest BCUT2D eigenvalue weighted by molar-refractivity contribution is 5.77. The fourth-order valence-electron chi connectivity index (χ4n) is 1.53. The highest BCUT2D eigenvalue weighted by Gasteiger charge is 2.06. The first kappa shape index (κ1) is 16.4. The number of rotatable bonds is 11. The topological polar surface area (TPSA) is 70.6 Å². The van der Waals surface area contributed by atoms with E-state index in [2.05, 4.69) is 17.6 Å². The fourth-order valence-corrected chi connectivity index (χ4v) is 1.53. The van der Waals surface area contributed by atoms with E-state index in [0.717, 1.165) is 25.8 Å². The monoisotopic (exact) mass is 246 g/mol. The lowest BCUT2D eigenvalue weighted by molar-refractivity contribution is -0.120. The molecule has 0 saturated carbocycles. The number of amides is 1. The molecule has 0 saturated heterocycles. The van der Waals surface area contributed by atoms with Gasteiger partial charge in [-0.3, -0.25) is 4.79 Å². The third-order valence-electron chi connectivity index (χ3n) is 2.68. The summed E-state index contributed by atoms with van der Waals surface area (Å²) in [6.07, 6.45) is 2.65. The zero-order valence-electron chi connectivity index (χ0n) is 11.0. The maximum atomic E-state index is 11.4. The van der Waals surface area contributed by atoms with Gasteiger partial charge < -0.3 is 20.5 Å². The lowest BCUT2D eigenvalue weighted by atomic mass is 10.0. The molecule has 0 rings (SSSR count). The van der Waals surface area contributed by atoms with E-state index in [9.17, 15) is 4.79 Å². The highest BCUT2D eigenvalue weighted by atomic mass is 16.5. The van der Waals surface area contributed by atoms with Crippen molar-refractivity contribution in [2.75, 3.05) is 40.0 Å². The first-order valence-corrected chi connectivity index (χ1v) is 6.31. The van der Waals surface area contributed by atoms with E-state index in [1.165, 1.54) is 0 Å². The number of aliphatic hydroxyl groups excluding tert-OH is 1. The van der Waals surface area contributed by atoms with Crippen molar-refractivity contribution in [3.63, 3.8) is 0 Å². The summed E-state index contributed by atoms with van der Waals surface area (Å²) in [5.41, 5.74) is 0. The standard InChI is InChI=1S/C12H26N2O3/c1-3-11(5-7-15)9-13-10-12(16)14-6-4-8-17-2/h11,13,15H,3-10H2,1-2H3,(H,14,16). The maximum absolute atomic E-state index is 11.4. The lowest BCUT2D eigenvalue weighted by Crippen LogP contribution is -2.36. The first-order chi connectivity index (χ1) is 8.24. The molecule has 5 heteroatoms. The zero-order chi connectivity index (χ0) is 12.9. The molecule has 17 heavy (non-hydrogen) atoms. The molecule has 1 unspecified atom stereocenters. The van der Waals surface area contributed by atoms with Crippen LogP contribution in [0.1, 0.15) is 26.2 Å². The molecule has 1 atom stereocenters. The van der Waals surface area contributed by atoms with Crippen molar-refractivity contribution in [3.8, 4) is 0 Å². The summed E-state index contributed by atoms with van der Waals surface area (Å²) in [5.74, 6) is 0.459. The number of ether oxygens (including phenoxy) is 1. The molecule has 0 aliphatic carbocycles. The average molecular weight is 246 g/mol. The van der Waals surface area contributed by atoms with Crippen LogP contribution >= 0.6 is 0 Å². The average Bonchev–Trinajstić information content (AvgIpc) is 2.33. The van der Waals surface area contributed by atoms with Gasteiger partial charge in [-0.25, -0.2) is 0 Å². The normalized spacial score (nSPS) is 12.4. The Bertz CT molecular complexity index is 189. The van der Waals surface area contributed by atoms with Gasteiger partial charge in [0.1, 0.15) is 0 Å². The highest BCUT2D eigenvalue weighted by Crippen LogP contribution is 2.04. The summed E-state index contributed by atoms with van der Waals surface area (Å²) in [4.78, 5) is 11.4. The summed E-state index contributed by atoms with van der Waals surface area (Å²) in [6, 6.07) is 0. The van der Waals surface area contributed by atoms with Gasteiger partial charge in [-0.15, -0.1) is 0 Å². The van der Waals surface area contributed by atoms with Gasteiger partial charge in [0.15, 0.2) is 0 Å². The molecule has 0 aliphatic heterocycles. The van der Waals surface area contributed by atoms with Crippen molar-refractivity contribution in [2.45, 2.75) is 26.2 Å². The Morgan fingerprint density at radius 3 is 2.82 bits per heavy atom. The number of hydrogen-bond acceptors (Lipinski definition) is 4. The Balaban J connectivity index is 3.42. The van der Waals surface area contributed by atoms with Gasteiger partial charge in [-0.1, -0.05) is 13.3 Å². The van der Waals surface area contributed by atoms with E-state index < -0.39 is 0 Å². The van der Waals surface area contributed by atoms with Crippen LogP contribution in [0, 0.1) is 5.92 Å². The molecule has 0 heterocycles. The van der Waals surface area contributed by atoms with E-state index in [1.807, 2.05) is 0 Å². The van der Waals surface area contributed by atoms with Crippen molar-refractivity contribution >= 4 is 5.91 Å². The number of methoxy groups -OCH3 is 1. The van der Waals surface area contributed by atoms with Crippen LogP contribution < -0.4 is 10.6 Å². The third kappa shape index (κ3) is 10.2. The first-order valence-electron chi connectivity index (χ1n) is 6.31. The summed E-state index contributed by atoms with van der Waals surface area (Å²) in [5, 5.41) is 14.7. The summed E-state index contributed by atoms with van der Waals surface area (Å²) < 4.78 is 4.89. The Kier molecular flexibility index (Phi) is 11.4. The second-order valence-corrected chi connectivity index (χ2v) is 4.11. The van der Waals surface area contributed by atoms with Crippen LogP contribution in [-0.2, 0) is 9.53 Å². The largest absolute Gasteiger partial charge is 0.396 e. The van der Waals surface area contributed by atoms with E-state index >= 15 is 0 Å². The van der Waals surface area contributed by atoms with Gasteiger partial charge in [0.05, 0.1) is 6.54 Å². The molecule has 0 fully saturated rings. The Morgan fingerprint density at radius 1 is 1.47 bits per heavy atom. The number of nitrogens with one attached hydrogen (secondary N) is 2. The van der Waals surface area contributed by atoms with Crippen LogP contribution in [0.5, 0.6) is 0 Å². The van der Waals surface area contributed by atoms with E-state index in [1.54, 1.807) is 7.11 Å². The van der Waals surface area contributed by atoms with E-state index in [0.29, 0.717) is 25.6 Å². The SMILES string of the molecule is CCC(CCO)CNCC(=O)NCCCOC.